The molecule has 14 heavy (non-hydrogen) atoms. The van der Waals surface area contributed by atoms with Crippen LogP contribution >= 0.6 is 22.6 Å². The predicted molar refractivity (Wildman–Crippen MR) is 70.5 cm³/mol. The summed E-state index contributed by atoms with van der Waals surface area (Å²) in [4.78, 5) is 0. The number of para-hydroxylation sites is 1. The van der Waals surface area contributed by atoms with Crippen LogP contribution in [-0.2, 0) is 0 Å². The lowest BCUT2D eigenvalue weighted by molar-refractivity contribution is 0.706. The van der Waals surface area contributed by atoms with Gasteiger partial charge in [0.05, 0.1) is 11.2 Å². The molecule has 0 fully saturated rings. The molecule has 0 radical (unpaired) electrons. The van der Waals surface area contributed by atoms with E-state index < -0.39 is 0 Å². The third-order valence-electron chi connectivity index (χ3n) is 2.46. The first-order valence-electron chi connectivity index (χ1n) is 4.76. The molecular weight excluding hydrogens is 285 g/mol. The van der Waals surface area contributed by atoms with Gasteiger partial charge in [0.15, 0.2) is 0 Å². The highest BCUT2D eigenvalue weighted by Gasteiger charge is 2.23. The summed E-state index contributed by atoms with van der Waals surface area (Å²) in [5, 5.41) is 3.55. The van der Waals surface area contributed by atoms with Crippen molar-refractivity contribution in [3.8, 4) is 0 Å². The zero-order valence-electron chi connectivity index (χ0n) is 8.69. The summed E-state index contributed by atoms with van der Waals surface area (Å²) in [6.07, 6.45) is 2.28. The normalized spacial score (nSPS) is 18.1. The Morgan fingerprint density at radius 1 is 1.29 bits per heavy atom. The van der Waals surface area contributed by atoms with E-state index in [9.17, 15) is 0 Å². The van der Waals surface area contributed by atoms with Crippen LogP contribution in [0.1, 0.15) is 26.3 Å². The van der Waals surface area contributed by atoms with Crippen LogP contribution in [0.2, 0.25) is 0 Å². The van der Waals surface area contributed by atoms with Crippen LogP contribution in [0, 0.1) is 3.57 Å². The Balaban J connectivity index is 2.62. The van der Waals surface area contributed by atoms with Crippen LogP contribution in [0.4, 0.5) is 5.69 Å². The van der Waals surface area contributed by atoms with Crippen molar-refractivity contribution in [2.45, 2.75) is 26.3 Å². The summed E-state index contributed by atoms with van der Waals surface area (Å²) in [6, 6.07) is 6.42. The zero-order chi connectivity index (χ0) is 10.3. The average molecular weight is 299 g/mol. The summed E-state index contributed by atoms with van der Waals surface area (Å²) in [7, 11) is 0. The zero-order valence-corrected chi connectivity index (χ0v) is 10.8. The second kappa shape index (κ2) is 3.26. The first kappa shape index (κ1) is 10.0. The molecule has 1 aliphatic rings. The monoisotopic (exact) mass is 299 g/mol. The molecule has 74 valence electrons. The molecule has 0 aromatic heterocycles. The highest BCUT2D eigenvalue weighted by molar-refractivity contribution is 14.1. The van der Waals surface area contributed by atoms with Crippen LogP contribution in [0.15, 0.2) is 24.3 Å². The van der Waals surface area contributed by atoms with Crippen LogP contribution in [-0.4, -0.2) is 5.54 Å². The summed E-state index contributed by atoms with van der Waals surface area (Å²) < 4.78 is 1.29. The number of hydrogen-bond donors (Lipinski definition) is 1. The lowest BCUT2D eigenvalue weighted by Crippen LogP contribution is -2.31. The van der Waals surface area contributed by atoms with Crippen molar-refractivity contribution in [1.29, 1.82) is 0 Å². The average Bonchev–Trinajstić information content (AvgIpc) is 2.05. The minimum atomic E-state index is 0.0678. The maximum atomic E-state index is 3.55. The van der Waals surface area contributed by atoms with Gasteiger partial charge in [0.1, 0.15) is 0 Å². The lowest BCUT2D eigenvalue weighted by Gasteiger charge is -2.32. The van der Waals surface area contributed by atoms with E-state index in [4.69, 9.17) is 0 Å². The van der Waals surface area contributed by atoms with Crippen LogP contribution < -0.4 is 5.32 Å². The number of benzene rings is 1. The molecule has 2 heteroatoms. The quantitative estimate of drug-likeness (QED) is 0.716. The van der Waals surface area contributed by atoms with Crippen molar-refractivity contribution in [1.82, 2.24) is 0 Å². The molecule has 1 heterocycles. The van der Waals surface area contributed by atoms with E-state index in [0.29, 0.717) is 0 Å². The lowest BCUT2D eigenvalue weighted by atomic mass is 9.91. The molecule has 1 nitrogen and oxygen atoms in total. The maximum absolute atomic E-state index is 3.55. The van der Waals surface area contributed by atoms with E-state index in [1.54, 1.807) is 0 Å². The Kier molecular flexibility index (Phi) is 2.33. The van der Waals surface area contributed by atoms with E-state index >= 15 is 0 Å². The van der Waals surface area contributed by atoms with Gasteiger partial charge in [-0.1, -0.05) is 18.2 Å². The van der Waals surface area contributed by atoms with Gasteiger partial charge in [-0.3, -0.25) is 0 Å². The van der Waals surface area contributed by atoms with E-state index in [0.717, 1.165) is 0 Å². The van der Waals surface area contributed by atoms with Gasteiger partial charge in [-0.2, -0.15) is 0 Å². The number of allylic oxidation sites excluding steroid dienone is 1. The van der Waals surface area contributed by atoms with E-state index in [1.807, 2.05) is 0 Å². The third kappa shape index (κ3) is 1.67. The SMILES string of the molecule is CC1=CC(C)(C)Nc2c(I)cccc21. The summed E-state index contributed by atoms with van der Waals surface area (Å²) in [6.45, 7) is 6.57. The van der Waals surface area contributed by atoms with Crippen molar-refractivity contribution >= 4 is 33.9 Å². The van der Waals surface area contributed by atoms with Crippen molar-refractivity contribution < 1.29 is 0 Å². The minimum Gasteiger partial charge on any atom is -0.375 e. The molecular formula is C12H14IN. The Labute approximate surface area is 98.7 Å². The van der Waals surface area contributed by atoms with E-state index in [2.05, 4.69) is 73.0 Å². The van der Waals surface area contributed by atoms with Crippen LogP contribution in [0.5, 0.6) is 0 Å². The van der Waals surface area contributed by atoms with Crippen molar-refractivity contribution in [3.05, 3.63) is 33.4 Å². The fourth-order valence-corrected chi connectivity index (χ4v) is 2.59. The number of halogens is 1. The van der Waals surface area contributed by atoms with Gasteiger partial charge in [0, 0.05) is 9.13 Å². The topological polar surface area (TPSA) is 12.0 Å². The molecule has 0 atom stereocenters. The Morgan fingerprint density at radius 3 is 2.71 bits per heavy atom. The number of hydrogen-bond acceptors (Lipinski definition) is 1. The smallest absolute Gasteiger partial charge is 0.0558 e. The molecule has 1 aromatic rings. The fraction of sp³-hybridized carbons (Fsp3) is 0.333. The molecule has 0 saturated carbocycles. The molecule has 0 unspecified atom stereocenters. The van der Waals surface area contributed by atoms with Gasteiger partial charge in [0.2, 0.25) is 0 Å². The molecule has 0 bridgehead atoms. The summed E-state index contributed by atoms with van der Waals surface area (Å²) >= 11 is 2.38. The van der Waals surface area contributed by atoms with Crippen molar-refractivity contribution in [3.63, 3.8) is 0 Å². The van der Waals surface area contributed by atoms with Gasteiger partial charge in [-0.05, 0) is 55.0 Å². The second-order valence-electron chi connectivity index (χ2n) is 4.34. The van der Waals surface area contributed by atoms with E-state index in [1.165, 1.54) is 20.4 Å². The summed E-state index contributed by atoms with van der Waals surface area (Å²) in [5.74, 6) is 0. The Hall–Kier alpha value is -0.510. The highest BCUT2D eigenvalue weighted by Crippen LogP contribution is 2.36. The molecule has 1 N–H and O–H groups in total. The van der Waals surface area contributed by atoms with Crippen LogP contribution in [0.25, 0.3) is 5.57 Å². The van der Waals surface area contributed by atoms with Crippen LogP contribution in [0.3, 0.4) is 0 Å². The molecule has 0 amide bonds. The number of nitrogens with one attached hydrogen (secondary N) is 1. The van der Waals surface area contributed by atoms with Gasteiger partial charge in [-0.15, -0.1) is 0 Å². The number of fused-ring (bicyclic) bond motifs is 1. The van der Waals surface area contributed by atoms with Gasteiger partial charge < -0.3 is 5.32 Å². The predicted octanol–water partition coefficient (Wildman–Crippen LogP) is 3.90. The standard InChI is InChI=1S/C12H14IN/c1-8-7-12(2,3)14-11-9(8)5-4-6-10(11)13/h4-7,14H,1-3H3. The minimum absolute atomic E-state index is 0.0678. The molecule has 0 spiro atoms. The third-order valence-corrected chi connectivity index (χ3v) is 3.36. The first-order chi connectivity index (χ1) is 6.49. The number of anilines is 1. The molecule has 1 aliphatic heterocycles. The molecule has 0 aliphatic carbocycles. The Bertz CT molecular complexity index is 405. The molecule has 2 rings (SSSR count). The Morgan fingerprint density at radius 2 is 2.00 bits per heavy atom. The van der Waals surface area contributed by atoms with Gasteiger partial charge in [-0.25, -0.2) is 0 Å². The van der Waals surface area contributed by atoms with Gasteiger partial charge in [0.25, 0.3) is 0 Å². The molecule has 0 saturated heterocycles. The van der Waals surface area contributed by atoms with Gasteiger partial charge >= 0.3 is 0 Å². The largest absolute Gasteiger partial charge is 0.375 e. The molecule has 1 aromatic carbocycles. The first-order valence-corrected chi connectivity index (χ1v) is 5.84. The van der Waals surface area contributed by atoms with Crippen molar-refractivity contribution in [2.24, 2.45) is 0 Å². The number of rotatable bonds is 0. The van der Waals surface area contributed by atoms with E-state index in [-0.39, 0.29) is 5.54 Å². The van der Waals surface area contributed by atoms with Crippen molar-refractivity contribution in [2.75, 3.05) is 5.32 Å². The maximum Gasteiger partial charge on any atom is 0.0558 e. The summed E-state index contributed by atoms with van der Waals surface area (Å²) in [5.41, 5.74) is 4.04. The fourth-order valence-electron chi connectivity index (χ4n) is 1.96. The second-order valence-corrected chi connectivity index (χ2v) is 5.50. The highest BCUT2D eigenvalue weighted by atomic mass is 127.